The molecule has 0 bridgehead atoms. The first-order valence-electron chi connectivity index (χ1n) is 14.8. The number of halogens is 1. The number of fused-ring (bicyclic) bond motifs is 2. The zero-order valence-electron chi connectivity index (χ0n) is 25.2. The van der Waals surface area contributed by atoms with Crippen molar-refractivity contribution in [3.8, 4) is 17.6 Å². The van der Waals surface area contributed by atoms with Gasteiger partial charge in [-0.15, -0.1) is 21.5 Å². The van der Waals surface area contributed by atoms with Crippen LogP contribution in [0.2, 0.25) is 5.02 Å². The van der Waals surface area contributed by atoms with Crippen LogP contribution in [0.5, 0.6) is 5.75 Å². The summed E-state index contributed by atoms with van der Waals surface area (Å²) in [6.07, 6.45) is 3.44. The molecule has 7 rings (SSSR count). The lowest BCUT2D eigenvalue weighted by atomic mass is 10.00. The van der Waals surface area contributed by atoms with Gasteiger partial charge in [-0.3, -0.25) is 4.79 Å². The minimum atomic E-state index is -0.212. The lowest BCUT2D eigenvalue weighted by molar-refractivity contribution is 0.0950. The smallest absolute Gasteiger partial charge is 0.251 e. The molecular formula is C34H27ClN8O3S. The highest BCUT2D eigenvalue weighted by molar-refractivity contribution is 7.19. The van der Waals surface area contributed by atoms with Gasteiger partial charge in [0.15, 0.2) is 10.8 Å². The molecule has 2 N–H and O–H groups in total. The van der Waals surface area contributed by atoms with Crippen LogP contribution in [0.1, 0.15) is 43.7 Å². The second-order valence-corrected chi connectivity index (χ2v) is 12.2. The van der Waals surface area contributed by atoms with Gasteiger partial charge in [-0.25, -0.2) is 4.98 Å². The number of nitrogens with one attached hydrogen (secondary N) is 2. The molecule has 0 aliphatic heterocycles. The van der Waals surface area contributed by atoms with Crippen molar-refractivity contribution in [2.45, 2.75) is 32.4 Å². The zero-order chi connectivity index (χ0) is 32.2. The third-order valence-corrected chi connectivity index (χ3v) is 8.96. The van der Waals surface area contributed by atoms with Gasteiger partial charge < -0.3 is 19.1 Å². The summed E-state index contributed by atoms with van der Waals surface area (Å²) in [6.45, 7) is 0.809. The van der Waals surface area contributed by atoms with Gasteiger partial charge in [0.05, 0.1) is 29.6 Å². The van der Waals surface area contributed by atoms with Crippen LogP contribution in [0.15, 0.2) is 77.5 Å². The zero-order valence-corrected chi connectivity index (χ0v) is 26.7. The average molecular weight is 663 g/mol. The molecular weight excluding hydrogens is 636 g/mol. The highest BCUT2D eigenvalue weighted by atomic mass is 35.5. The highest BCUT2D eigenvalue weighted by Gasteiger charge is 2.19. The van der Waals surface area contributed by atoms with Crippen molar-refractivity contribution in [2.75, 3.05) is 7.11 Å². The number of methoxy groups -OCH3 is 1. The number of aromatic nitrogens is 7. The number of H-pyrrole nitrogens is 1. The predicted octanol–water partition coefficient (Wildman–Crippen LogP) is 5.77. The molecule has 0 radical (unpaired) electrons. The summed E-state index contributed by atoms with van der Waals surface area (Å²) >= 11 is 7.69. The number of thiazole rings is 1. The minimum Gasteiger partial charge on any atom is -0.497 e. The first kappa shape index (κ1) is 30.2. The molecule has 0 saturated carbocycles. The lowest BCUT2D eigenvalue weighted by Crippen LogP contribution is -2.22. The molecule has 4 aromatic heterocycles. The maximum absolute atomic E-state index is 13.3. The van der Waals surface area contributed by atoms with E-state index in [2.05, 4.69) is 47.5 Å². The molecule has 0 unspecified atom stereocenters. The number of aryl methyl sites for hydroxylation is 4. The molecule has 0 atom stereocenters. The summed E-state index contributed by atoms with van der Waals surface area (Å²) in [5, 5.41) is 23.7. The van der Waals surface area contributed by atoms with Crippen molar-refractivity contribution in [1.29, 1.82) is 0 Å². The van der Waals surface area contributed by atoms with Crippen LogP contribution in [0, 0.1) is 11.8 Å². The van der Waals surface area contributed by atoms with E-state index in [0.717, 1.165) is 50.1 Å². The van der Waals surface area contributed by atoms with Crippen LogP contribution in [0.4, 0.5) is 0 Å². The number of carbonyl (C=O) groups excluding carboxylic acids is 1. The van der Waals surface area contributed by atoms with Crippen molar-refractivity contribution in [3.05, 3.63) is 117 Å². The number of hydrogen-bond acceptors (Lipinski definition) is 9. The summed E-state index contributed by atoms with van der Waals surface area (Å²) in [5.74, 6) is 7.93. The summed E-state index contributed by atoms with van der Waals surface area (Å²) in [6, 6.07) is 21.1. The SMILES string of the molecule is COc1ccc2sc(C#Cc3c(CCc4ccc(Cl)cc4)c4cc(C(=O)NCc5ccon5)ccc4n3CCc3nn[nH]n3)nc2c1. The van der Waals surface area contributed by atoms with E-state index in [1.54, 1.807) is 13.2 Å². The molecule has 0 aliphatic carbocycles. The lowest BCUT2D eigenvalue weighted by Gasteiger charge is -2.07. The molecule has 0 saturated heterocycles. The number of benzene rings is 3. The Balaban J connectivity index is 1.32. The number of hydrogen-bond donors (Lipinski definition) is 2. The van der Waals surface area contributed by atoms with Gasteiger partial charge in [-0.1, -0.05) is 34.1 Å². The Morgan fingerprint density at radius 2 is 1.96 bits per heavy atom. The number of carbonyl (C=O) groups is 1. The molecule has 0 fully saturated rings. The second kappa shape index (κ2) is 13.5. The Morgan fingerprint density at radius 3 is 2.74 bits per heavy atom. The fourth-order valence-corrected chi connectivity index (χ4v) is 6.34. The van der Waals surface area contributed by atoms with E-state index in [1.165, 1.54) is 17.6 Å². The molecule has 13 heteroatoms. The van der Waals surface area contributed by atoms with E-state index in [4.69, 9.17) is 25.8 Å². The maximum Gasteiger partial charge on any atom is 0.251 e. The van der Waals surface area contributed by atoms with Crippen LogP contribution < -0.4 is 10.1 Å². The summed E-state index contributed by atoms with van der Waals surface area (Å²) < 4.78 is 13.5. The Kier molecular flexibility index (Phi) is 8.64. The predicted molar refractivity (Wildman–Crippen MR) is 179 cm³/mol. The van der Waals surface area contributed by atoms with Gasteiger partial charge in [0, 0.05) is 46.6 Å². The largest absolute Gasteiger partial charge is 0.497 e. The summed E-state index contributed by atoms with van der Waals surface area (Å²) in [7, 11) is 1.64. The van der Waals surface area contributed by atoms with Crippen molar-refractivity contribution in [1.82, 2.24) is 40.6 Å². The second-order valence-electron chi connectivity index (χ2n) is 10.7. The highest BCUT2D eigenvalue weighted by Crippen LogP contribution is 2.30. The van der Waals surface area contributed by atoms with Gasteiger partial charge in [-0.05, 0) is 78.3 Å². The number of ether oxygens (including phenoxy) is 1. The number of nitrogens with zero attached hydrogens (tertiary/aromatic N) is 6. The molecule has 1 amide bonds. The Morgan fingerprint density at radius 1 is 1.06 bits per heavy atom. The van der Waals surface area contributed by atoms with Crippen LogP contribution in [0.25, 0.3) is 21.1 Å². The molecule has 47 heavy (non-hydrogen) atoms. The quantitative estimate of drug-likeness (QED) is 0.176. The topological polar surface area (TPSA) is 137 Å². The normalized spacial score (nSPS) is 11.1. The maximum atomic E-state index is 13.3. The van der Waals surface area contributed by atoms with Crippen molar-refractivity contribution in [3.63, 3.8) is 0 Å². The number of tetrazole rings is 1. The molecule has 4 heterocycles. The monoisotopic (exact) mass is 662 g/mol. The summed E-state index contributed by atoms with van der Waals surface area (Å²) in [5.41, 5.74) is 5.97. The molecule has 0 spiro atoms. The van der Waals surface area contributed by atoms with Crippen molar-refractivity contribution >= 4 is 50.0 Å². The summed E-state index contributed by atoms with van der Waals surface area (Å²) in [4.78, 5) is 18.0. The van der Waals surface area contributed by atoms with Crippen LogP contribution in [-0.4, -0.2) is 48.3 Å². The standard InChI is InChI=1S/C34H27ClN8O3S/c1-45-25-8-12-31-28(19-25)37-33(47-31)13-11-29-26(9-4-21-2-6-23(35)7-3-21)27-18-22(34(44)36-20-24-15-17-46-40-24)5-10-30(27)43(29)16-14-32-38-41-42-39-32/h2-3,5-8,10,12,15,17-19H,4,9,14,16,20H2,1H3,(H,36,44)(H,38,39,41,42). The molecule has 234 valence electrons. The Bertz CT molecular complexity index is 2230. The van der Waals surface area contributed by atoms with Gasteiger partial charge in [0.1, 0.15) is 17.7 Å². The molecule has 11 nitrogen and oxygen atoms in total. The van der Waals surface area contributed by atoms with Gasteiger partial charge in [0.25, 0.3) is 5.91 Å². The van der Waals surface area contributed by atoms with E-state index >= 15 is 0 Å². The molecule has 0 aliphatic rings. The van der Waals surface area contributed by atoms with E-state index in [1.807, 2.05) is 60.7 Å². The Hall–Kier alpha value is -5.51. The van der Waals surface area contributed by atoms with Crippen molar-refractivity contribution < 1.29 is 14.1 Å². The molecule has 7 aromatic rings. The fourth-order valence-electron chi connectivity index (χ4n) is 5.42. The van der Waals surface area contributed by atoms with Gasteiger partial charge in [-0.2, -0.15) is 5.21 Å². The number of amides is 1. The van der Waals surface area contributed by atoms with Gasteiger partial charge >= 0.3 is 0 Å². The average Bonchev–Trinajstić information content (AvgIpc) is 3.91. The minimum absolute atomic E-state index is 0.212. The number of aromatic amines is 1. The molecule has 3 aromatic carbocycles. The first-order valence-corrected chi connectivity index (χ1v) is 16.0. The van der Waals surface area contributed by atoms with Gasteiger partial charge in [0.2, 0.25) is 0 Å². The van der Waals surface area contributed by atoms with Crippen LogP contribution >= 0.6 is 22.9 Å². The Labute approximate surface area is 277 Å². The number of rotatable bonds is 10. The van der Waals surface area contributed by atoms with E-state index in [-0.39, 0.29) is 12.5 Å². The third-order valence-electron chi connectivity index (χ3n) is 7.76. The first-order chi connectivity index (χ1) is 23.0. The van der Waals surface area contributed by atoms with Crippen LogP contribution in [-0.2, 0) is 32.4 Å². The third kappa shape index (κ3) is 6.72. The van der Waals surface area contributed by atoms with E-state index < -0.39 is 0 Å². The van der Waals surface area contributed by atoms with E-state index in [0.29, 0.717) is 46.5 Å². The van der Waals surface area contributed by atoms with E-state index in [9.17, 15) is 4.79 Å². The van der Waals surface area contributed by atoms with Crippen molar-refractivity contribution in [2.24, 2.45) is 0 Å². The fraction of sp³-hybridized carbons (Fsp3) is 0.176. The van der Waals surface area contributed by atoms with Crippen LogP contribution in [0.3, 0.4) is 0 Å².